The second kappa shape index (κ2) is 53.2. The average molecular weight is 1890 g/mol. The quantitative estimate of drug-likeness (QED) is 0.0299. The Morgan fingerprint density at radius 3 is 1.46 bits per heavy atom. The number of aromatic nitrogens is 1. The lowest BCUT2D eigenvalue weighted by Crippen LogP contribution is -2.61. The number of unbranched alkanes of at least 4 members (excludes halogenated alkanes) is 1. The number of carboxylic acid groups (broad SMARTS) is 2. The Balaban J connectivity index is 1.32. The fraction of sp³-hybridized carbons (Fsp3) is 0.468. The van der Waals surface area contributed by atoms with Crippen molar-refractivity contribution in [1.29, 1.82) is 0 Å². The molecule has 0 bridgehead atoms. The molecular weight excluding hydrogens is 1770 g/mol. The number of aromatic hydroxyl groups is 1. The number of aliphatic carboxylic acids is 2. The van der Waals surface area contributed by atoms with Crippen LogP contribution in [0.1, 0.15) is 129 Å². The van der Waals surface area contributed by atoms with Crippen molar-refractivity contribution in [2.24, 2.45) is 29.2 Å². The molecule has 1 saturated heterocycles. The number of nitrogens with one attached hydrogen (secondary N) is 14. The maximum atomic E-state index is 15.5. The van der Waals surface area contributed by atoms with E-state index in [0.717, 1.165) is 20.9 Å². The van der Waals surface area contributed by atoms with Gasteiger partial charge in [-0.15, -0.1) is 11.8 Å². The van der Waals surface area contributed by atoms with E-state index in [2.05, 4.69) is 74.1 Å². The van der Waals surface area contributed by atoms with Gasteiger partial charge < -0.3 is 116 Å². The molecule has 1 aromatic heterocycles. The van der Waals surface area contributed by atoms with Crippen LogP contribution < -0.4 is 80.6 Å². The summed E-state index contributed by atoms with van der Waals surface area (Å²) in [6.45, 7) is 10.8. The summed E-state index contributed by atoms with van der Waals surface area (Å²) in [5.74, 6) is -22.2. The average Bonchev–Trinajstić information content (AvgIpc) is 1.69. The molecule has 2 heterocycles. The molecule has 0 unspecified atom stereocenters. The number of nitrogens with zero attached hydrogens (tertiary/aromatic N) is 2. The van der Waals surface area contributed by atoms with E-state index in [1.54, 1.807) is 113 Å². The number of rotatable bonds is 27. The fourth-order valence-electron chi connectivity index (χ4n) is 14.8. The number of hydrogen-bond donors (Lipinski definition) is 20. The molecule has 1 fully saturated rings. The first kappa shape index (κ1) is 108. The van der Waals surface area contributed by atoms with Gasteiger partial charge >= 0.3 is 11.9 Å². The Labute approximate surface area is 786 Å². The number of hydrogen-bond acceptors (Lipinski definition) is 22. The molecule has 41 heteroatoms. The molecule has 0 aliphatic carbocycles. The molecule has 5 aromatic carbocycles. The van der Waals surface area contributed by atoms with Crippen LogP contribution >= 0.6 is 11.8 Å². The maximum absolute atomic E-state index is 15.5. The minimum absolute atomic E-state index is 0.0556. The number of thioether (sulfide) groups is 1. The summed E-state index contributed by atoms with van der Waals surface area (Å²) in [5, 5.41) is 75.7. The monoisotopic (exact) mass is 1890 g/mol. The lowest BCUT2D eigenvalue weighted by molar-refractivity contribution is -0.146. The number of aromatic amines is 1. The van der Waals surface area contributed by atoms with Crippen molar-refractivity contribution < 1.29 is 107 Å². The molecular formula is C94H126N18O22S. The number of aliphatic hydroxyl groups excluding tert-OH is 1. The molecule has 0 spiro atoms. The number of H-pyrrole nitrogens is 1. The molecule has 6 aromatic rings. The number of phenolic OH excluding ortho intramolecular Hbond substituents is 1. The van der Waals surface area contributed by atoms with Crippen LogP contribution in [0.2, 0.25) is 0 Å². The normalized spacial score (nSPS) is 22.9. The Kier molecular flexibility index (Phi) is 42.6. The van der Waals surface area contributed by atoms with Crippen LogP contribution in [-0.4, -0.2) is 272 Å². The standard InChI is InChI=1S/C94H126N18O22S/c1-51(2)39-67-83(123)104-70(42-57-28-32-60(33-29-57)59-23-15-12-16-24-59)85(125)101-66(36-37-78(117)118)94(134)112(10)55(8)93(133)111(9)47-76(115)99-65(27-19-20-38-95)82(122)102-68(40-52(3)4)89(129)110-80(53(5)6)92(132)108-74(48-113)90(130)109-75(91(131)98-54(7)81(96)121)49-135-50-77(116)100-69(41-56-21-13-11-14-22-56)84(124)105-71(43-58-30-34-62(114)35-31-58)86(126)107-73(45-79(119)120)88(128)106-72(87(127)103-67)44-61-46-97-64-26-18-17-25-63(61)64/h11-18,21-26,28-35,46,51-55,65-75,80,97,113-114H,19-20,27,36-45,47-50,95H2,1-10H3,(H2,96,121)(H,98,131)(H,99,115)(H,100,116)(H,101,125)(H,102,122)(H,103,127)(H,104,123)(H,105,124)(H,106,128)(H,107,126)(H,108,132)(H,109,130)(H,110,129)(H,117,118)(H,119,120)/t54-,55-,65-,66-,67-,68-,69-,70-,71-,72-,73-,74-,75-,80-/m0/s1. The zero-order valence-corrected chi connectivity index (χ0v) is 78.0. The number of primary amides is 1. The van der Waals surface area contributed by atoms with Crippen molar-refractivity contribution in [2.75, 3.05) is 45.3 Å². The Morgan fingerprint density at radius 1 is 0.474 bits per heavy atom. The molecule has 730 valence electrons. The molecule has 14 atom stereocenters. The van der Waals surface area contributed by atoms with Crippen molar-refractivity contribution in [3.05, 3.63) is 162 Å². The highest BCUT2D eigenvalue weighted by molar-refractivity contribution is 8.00. The number of carboxylic acids is 2. The summed E-state index contributed by atoms with van der Waals surface area (Å²) < 4.78 is 0. The molecule has 135 heavy (non-hydrogen) atoms. The van der Waals surface area contributed by atoms with Crippen LogP contribution in [-0.2, 0) is 112 Å². The highest BCUT2D eigenvalue weighted by Crippen LogP contribution is 2.24. The molecule has 7 rings (SSSR count). The number of aliphatic hydroxyl groups is 1. The first-order valence-electron chi connectivity index (χ1n) is 44.6. The third-order valence-electron chi connectivity index (χ3n) is 22.4. The second-order valence-corrected chi connectivity index (χ2v) is 35.7. The SMILES string of the molecule is CC(C)C[C@@H]1NC(=O)[C@H](Cc2c[nH]c3ccccc23)NC(=O)[C@H](CC(=O)O)NC(=O)[C@H](Cc2ccc(O)cc2)NC(=O)[C@H](Cc2ccccc2)NC(=O)CSC[C@@H](C(=O)N[C@@H](C)C(N)=O)NC(=O)[C@H](CO)NC(=O)[C@H](C(C)C)NC(=O)[C@H](CC(C)C)NC(=O)[C@H](CCCCN)NC(=O)CN(C)C(=O)[C@H](C)N(C)C(=O)[C@H](CCC(=O)O)NC(=O)[C@H](Cc2ccc(-c3ccccc3)cc2)NC1=O. The zero-order valence-electron chi connectivity index (χ0n) is 77.2. The number of carbonyl (C=O) groups is 18. The van der Waals surface area contributed by atoms with Gasteiger partial charge in [-0.25, -0.2) is 0 Å². The van der Waals surface area contributed by atoms with E-state index >= 15 is 28.8 Å². The van der Waals surface area contributed by atoms with Crippen LogP contribution in [0.4, 0.5) is 0 Å². The van der Waals surface area contributed by atoms with E-state index in [1.807, 2.05) is 30.3 Å². The van der Waals surface area contributed by atoms with E-state index in [0.29, 0.717) is 45.8 Å². The summed E-state index contributed by atoms with van der Waals surface area (Å²) in [5.41, 5.74) is 15.1. The second-order valence-electron chi connectivity index (χ2n) is 34.6. The lowest BCUT2D eigenvalue weighted by Gasteiger charge is -2.32. The molecule has 1 aliphatic heterocycles. The zero-order chi connectivity index (χ0) is 99.4. The number of nitrogens with two attached hydrogens (primary N) is 2. The largest absolute Gasteiger partial charge is 0.508 e. The molecule has 0 saturated carbocycles. The topological polar surface area (TPSA) is 619 Å². The van der Waals surface area contributed by atoms with Gasteiger partial charge in [0.1, 0.15) is 90.3 Å². The minimum Gasteiger partial charge on any atom is -0.508 e. The molecule has 16 amide bonds. The predicted octanol–water partition coefficient (Wildman–Crippen LogP) is -0.120. The summed E-state index contributed by atoms with van der Waals surface area (Å²) in [6.07, 6.45) is -2.01. The fourth-order valence-corrected chi connectivity index (χ4v) is 15.7. The molecule has 0 radical (unpaired) electrons. The number of benzene rings is 5. The van der Waals surface area contributed by atoms with Crippen LogP contribution in [0.15, 0.2) is 140 Å². The molecule has 1 aliphatic rings. The van der Waals surface area contributed by atoms with Crippen LogP contribution in [0.3, 0.4) is 0 Å². The van der Waals surface area contributed by atoms with Crippen LogP contribution in [0.25, 0.3) is 22.0 Å². The summed E-state index contributed by atoms with van der Waals surface area (Å²) in [6, 6.07) is 13.6. The van der Waals surface area contributed by atoms with Gasteiger partial charge in [0.05, 0.1) is 25.3 Å². The number of phenols is 1. The van der Waals surface area contributed by atoms with E-state index in [9.17, 15) is 78.0 Å². The predicted molar refractivity (Wildman–Crippen MR) is 500 cm³/mol. The van der Waals surface area contributed by atoms with Crippen LogP contribution in [0, 0.1) is 17.8 Å². The highest BCUT2D eigenvalue weighted by Gasteiger charge is 2.41. The van der Waals surface area contributed by atoms with E-state index < -0.39 is 253 Å². The van der Waals surface area contributed by atoms with Crippen molar-refractivity contribution >= 4 is 129 Å². The number of fused-ring (bicyclic) bond motifs is 1. The summed E-state index contributed by atoms with van der Waals surface area (Å²) in [4.78, 5) is 264. The van der Waals surface area contributed by atoms with E-state index in [1.165, 1.54) is 66.1 Å². The van der Waals surface area contributed by atoms with Gasteiger partial charge in [0.2, 0.25) is 94.5 Å². The number of likely N-dealkylation sites (N-methyl/N-ethyl adjacent to an activating group) is 2. The summed E-state index contributed by atoms with van der Waals surface area (Å²) >= 11 is 0.710. The first-order valence-corrected chi connectivity index (χ1v) is 45.8. The minimum atomic E-state index is -2.09. The van der Waals surface area contributed by atoms with Gasteiger partial charge in [0.15, 0.2) is 0 Å². The van der Waals surface area contributed by atoms with Crippen molar-refractivity contribution in [3.63, 3.8) is 0 Å². The van der Waals surface area contributed by atoms with Gasteiger partial charge in [0, 0.05) is 69.1 Å². The smallest absolute Gasteiger partial charge is 0.305 e. The van der Waals surface area contributed by atoms with Gasteiger partial charge in [-0.1, -0.05) is 157 Å². The number of carbonyl (C=O) groups excluding carboxylic acids is 16. The number of para-hydroxylation sites is 1. The van der Waals surface area contributed by atoms with Gasteiger partial charge in [0.25, 0.3) is 0 Å². The Bertz CT molecular complexity index is 5120. The van der Waals surface area contributed by atoms with Crippen molar-refractivity contribution in [3.8, 4) is 16.9 Å². The van der Waals surface area contributed by atoms with Gasteiger partial charge in [-0.3, -0.25) is 86.3 Å². The van der Waals surface area contributed by atoms with E-state index in [-0.39, 0.29) is 68.7 Å². The lowest BCUT2D eigenvalue weighted by atomic mass is 9.98. The Morgan fingerprint density at radius 2 is 0.926 bits per heavy atom. The highest BCUT2D eigenvalue weighted by atomic mass is 32.2. The third kappa shape index (κ3) is 34.6. The molecule has 22 N–H and O–H groups in total. The van der Waals surface area contributed by atoms with E-state index in [4.69, 9.17) is 11.5 Å². The maximum Gasteiger partial charge on any atom is 0.305 e. The third-order valence-corrected chi connectivity index (χ3v) is 23.4. The van der Waals surface area contributed by atoms with Crippen molar-refractivity contribution in [2.45, 2.75) is 217 Å². The number of amides is 16. The summed E-state index contributed by atoms with van der Waals surface area (Å²) in [7, 11) is 2.41. The Hall–Kier alpha value is -13.8. The first-order chi connectivity index (χ1) is 64.0. The van der Waals surface area contributed by atoms with Crippen molar-refractivity contribution in [1.82, 2.24) is 83.9 Å². The van der Waals surface area contributed by atoms with Crippen LogP contribution in [0.5, 0.6) is 5.75 Å². The van der Waals surface area contributed by atoms with Gasteiger partial charge in [-0.05, 0) is 128 Å². The molecule has 40 nitrogen and oxygen atoms in total. The van der Waals surface area contributed by atoms with Gasteiger partial charge in [-0.2, -0.15) is 0 Å².